The molecule has 1 unspecified atom stereocenters. The smallest absolute Gasteiger partial charge is 0.242 e. The van der Waals surface area contributed by atoms with Crippen molar-refractivity contribution < 1.29 is 19.1 Å². The fraction of sp³-hybridized carbons (Fsp3) is 0.579. The molecule has 0 spiro atoms. The van der Waals surface area contributed by atoms with Gasteiger partial charge in [-0.2, -0.15) is 0 Å². The zero-order valence-corrected chi connectivity index (χ0v) is 14.3. The van der Waals surface area contributed by atoms with E-state index in [4.69, 9.17) is 9.47 Å². The second-order valence-electron chi connectivity index (χ2n) is 7.22. The topological polar surface area (TPSA) is 76.7 Å². The van der Waals surface area contributed by atoms with Gasteiger partial charge < -0.3 is 20.1 Å². The van der Waals surface area contributed by atoms with Crippen LogP contribution < -0.4 is 20.1 Å². The van der Waals surface area contributed by atoms with E-state index in [0.29, 0.717) is 32.6 Å². The fourth-order valence-corrected chi connectivity index (χ4v) is 4.18. The highest BCUT2D eigenvalue weighted by Crippen LogP contribution is 2.43. The molecule has 0 aromatic heterocycles. The van der Waals surface area contributed by atoms with Gasteiger partial charge in [-0.3, -0.25) is 9.59 Å². The maximum atomic E-state index is 12.4. The summed E-state index contributed by atoms with van der Waals surface area (Å²) in [5, 5.41) is 5.82. The average molecular weight is 344 g/mol. The highest BCUT2D eigenvalue weighted by molar-refractivity contribution is 5.90. The molecule has 2 aliphatic heterocycles. The third-order valence-corrected chi connectivity index (χ3v) is 5.63. The number of fused-ring (bicyclic) bond motifs is 1. The Labute approximate surface area is 147 Å². The Kier molecular flexibility index (Phi) is 4.27. The van der Waals surface area contributed by atoms with Crippen LogP contribution in [-0.2, 0) is 15.0 Å². The molecule has 6 heteroatoms. The standard InChI is InChI=1S/C19H24N2O4/c22-17-6-4-14(21-17)18(23)20-12-19(7-1-2-8-19)13-3-5-15-16(11-13)25-10-9-24-15/h3,5,11,14H,1-2,4,6-10,12H2,(H,20,23)(H,21,22). The minimum atomic E-state index is -0.383. The number of rotatable bonds is 4. The second kappa shape index (κ2) is 6.58. The highest BCUT2D eigenvalue weighted by Gasteiger charge is 2.38. The number of ether oxygens (including phenoxy) is 2. The summed E-state index contributed by atoms with van der Waals surface area (Å²) in [7, 11) is 0. The first-order chi connectivity index (χ1) is 12.2. The molecule has 1 aromatic carbocycles. The van der Waals surface area contributed by atoms with Gasteiger partial charge in [0.1, 0.15) is 19.3 Å². The Bertz CT molecular complexity index is 682. The summed E-state index contributed by atoms with van der Waals surface area (Å²) in [5.41, 5.74) is 1.14. The molecule has 1 saturated carbocycles. The van der Waals surface area contributed by atoms with Gasteiger partial charge in [0.15, 0.2) is 11.5 Å². The summed E-state index contributed by atoms with van der Waals surface area (Å²) in [4.78, 5) is 23.7. The van der Waals surface area contributed by atoms with Gasteiger partial charge >= 0.3 is 0 Å². The van der Waals surface area contributed by atoms with Gasteiger partial charge in [0.2, 0.25) is 11.8 Å². The molecule has 3 aliphatic rings. The van der Waals surface area contributed by atoms with E-state index < -0.39 is 0 Å². The Morgan fingerprint density at radius 3 is 2.68 bits per heavy atom. The molecule has 1 aliphatic carbocycles. The molecular weight excluding hydrogens is 320 g/mol. The molecule has 2 heterocycles. The largest absolute Gasteiger partial charge is 0.486 e. The minimum absolute atomic E-state index is 0.0393. The van der Waals surface area contributed by atoms with E-state index in [2.05, 4.69) is 22.8 Å². The lowest BCUT2D eigenvalue weighted by Crippen LogP contribution is -2.46. The van der Waals surface area contributed by atoms with E-state index in [0.717, 1.165) is 37.2 Å². The average Bonchev–Trinajstić information content (AvgIpc) is 3.29. The molecule has 2 amide bonds. The Balaban J connectivity index is 1.50. The number of carbonyl (C=O) groups excluding carboxylic acids is 2. The molecule has 1 aromatic rings. The third kappa shape index (κ3) is 3.17. The summed E-state index contributed by atoms with van der Waals surface area (Å²) in [6.07, 6.45) is 5.43. The number of hydrogen-bond donors (Lipinski definition) is 2. The lowest BCUT2D eigenvalue weighted by molar-refractivity contribution is -0.125. The Morgan fingerprint density at radius 2 is 1.96 bits per heavy atom. The summed E-state index contributed by atoms with van der Waals surface area (Å²) < 4.78 is 11.3. The van der Waals surface area contributed by atoms with Crippen LogP contribution in [0.5, 0.6) is 11.5 Å². The number of hydrogen-bond acceptors (Lipinski definition) is 4. The molecule has 2 N–H and O–H groups in total. The van der Waals surface area contributed by atoms with Gasteiger partial charge in [0, 0.05) is 18.4 Å². The van der Waals surface area contributed by atoms with Crippen LogP contribution in [0.25, 0.3) is 0 Å². The first kappa shape index (κ1) is 16.2. The lowest BCUT2D eigenvalue weighted by atomic mass is 9.78. The van der Waals surface area contributed by atoms with E-state index in [1.54, 1.807) is 0 Å². The Morgan fingerprint density at radius 1 is 1.20 bits per heavy atom. The van der Waals surface area contributed by atoms with Crippen molar-refractivity contribution >= 4 is 11.8 Å². The van der Waals surface area contributed by atoms with Gasteiger partial charge in [-0.05, 0) is 37.0 Å². The van der Waals surface area contributed by atoms with E-state index >= 15 is 0 Å². The molecule has 0 radical (unpaired) electrons. The van der Waals surface area contributed by atoms with E-state index in [-0.39, 0.29) is 23.3 Å². The third-order valence-electron chi connectivity index (χ3n) is 5.63. The predicted molar refractivity (Wildman–Crippen MR) is 91.8 cm³/mol. The number of benzene rings is 1. The second-order valence-corrected chi connectivity index (χ2v) is 7.22. The van der Waals surface area contributed by atoms with Crippen molar-refractivity contribution in [1.29, 1.82) is 0 Å². The van der Waals surface area contributed by atoms with E-state index in [1.165, 1.54) is 5.56 Å². The first-order valence-electron chi connectivity index (χ1n) is 9.14. The highest BCUT2D eigenvalue weighted by atomic mass is 16.6. The zero-order valence-electron chi connectivity index (χ0n) is 14.3. The fourth-order valence-electron chi connectivity index (χ4n) is 4.18. The van der Waals surface area contributed by atoms with Crippen molar-refractivity contribution in [2.24, 2.45) is 0 Å². The van der Waals surface area contributed by atoms with Gasteiger partial charge in [0.25, 0.3) is 0 Å². The van der Waals surface area contributed by atoms with Crippen LogP contribution in [0, 0.1) is 0 Å². The molecule has 0 bridgehead atoms. The Hall–Kier alpha value is -2.24. The number of amides is 2. The molecule has 134 valence electrons. The van der Waals surface area contributed by atoms with Crippen molar-refractivity contribution in [3.63, 3.8) is 0 Å². The maximum Gasteiger partial charge on any atom is 0.242 e. The van der Waals surface area contributed by atoms with Gasteiger partial charge in [0.05, 0.1) is 0 Å². The molecule has 2 fully saturated rings. The first-order valence-corrected chi connectivity index (χ1v) is 9.14. The van der Waals surface area contributed by atoms with Crippen molar-refractivity contribution in [3.8, 4) is 11.5 Å². The minimum Gasteiger partial charge on any atom is -0.486 e. The summed E-state index contributed by atoms with van der Waals surface area (Å²) in [5.74, 6) is 1.47. The summed E-state index contributed by atoms with van der Waals surface area (Å²) in [6, 6.07) is 5.76. The SMILES string of the molecule is O=C1CCC(C(=O)NCC2(c3ccc4c(c3)OCCO4)CCCC2)N1. The normalized spacial score (nSPS) is 24.0. The molecule has 1 atom stereocenters. The van der Waals surface area contributed by atoms with Gasteiger partial charge in [-0.15, -0.1) is 0 Å². The van der Waals surface area contributed by atoms with Crippen LogP contribution in [0.4, 0.5) is 0 Å². The summed E-state index contributed by atoms with van der Waals surface area (Å²) in [6.45, 7) is 1.75. The van der Waals surface area contributed by atoms with Gasteiger partial charge in [-0.25, -0.2) is 0 Å². The zero-order chi connectivity index (χ0) is 17.3. The van der Waals surface area contributed by atoms with Crippen LogP contribution in [-0.4, -0.2) is 37.6 Å². The summed E-state index contributed by atoms with van der Waals surface area (Å²) >= 11 is 0. The van der Waals surface area contributed by atoms with Crippen molar-refractivity contribution in [2.75, 3.05) is 19.8 Å². The quantitative estimate of drug-likeness (QED) is 0.871. The number of nitrogens with one attached hydrogen (secondary N) is 2. The molecule has 6 nitrogen and oxygen atoms in total. The predicted octanol–water partition coefficient (Wildman–Crippen LogP) is 1.66. The van der Waals surface area contributed by atoms with E-state index in [9.17, 15) is 9.59 Å². The van der Waals surface area contributed by atoms with Crippen molar-refractivity contribution in [2.45, 2.75) is 50.0 Å². The molecule has 4 rings (SSSR count). The molecule has 1 saturated heterocycles. The monoisotopic (exact) mass is 344 g/mol. The molecular formula is C19H24N2O4. The van der Waals surface area contributed by atoms with Crippen LogP contribution in [0.2, 0.25) is 0 Å². The lowest BCUT2D eigenvalue weighted by Gasteiger charge is -2.31. The van der Waals surface area contributed by atoms with E-state index in [1.807, 2.05) is 6.07 Å². The van der Waals surface area contributed by atoms with Crippen LogP contribution in [0.3, 0.4) is 0 Å². The number of carbonyl (C=O) groups is 2. The van der Waals surface area contributed by atoms with Crippen molar-refractivity contribution in [1.82, 2.24) is 10.6 Å². The van der Waals surface area contributed by atoms with Crippen molar-refractivity contribution in [3.05, 3.63) is 23.8 Å². The van der Waals surface area contributed by atoms with Crippen LogP contribution in [0.1, 0.15) is 44.1 Å². The molecule has 25 heavy (non-hydrogen) atoms. The van der Waals surface area contributed by atoms with Crippen LogP contribution in [0.15, 0.2) is 18.2 Å². The van der Waals surface area contributed by atoms with Crippen LogP contribution >= 0.6 is 0 Å². The van der Waals surface area contributed by atoms with Gasteiger partial charge in [-0.1, -0.05) is 18.9 Å². The maximum absolute atomic E-state index is 12.4.